The third kappa shape index (κ3) is 4.57. The van der Waals surface area contributed by atoms with Gasteiger partial charge in [-0.1, -0.05) is 48.5 Å². The summed E-state index contributed by atoms with van der Waals surface area (Å²) >= 11 is 0. The van der Waals surface area contributed by atoms with Crippen molar-refractivity contribution in [1.29, 1.82) is 0 Å². The normalized spacial score (nSPS) is 13.2. The zero-order valence-electron chi connectivity index (χ0n) is 13.8. The first-order valence-corrected chi connectivity index (χ1v) is 7.82. The van der Waals surface area contributed by atoms with E-state index in [0.29, 0.717) is 0 Å². The quantitative estimate of drug-likeness (QED) is 0.792. The van der Waals surface area contributed by atoms with Crippen LogP contribution in [0.5, 0.6) is 0 Å². The highest BCUT2D eigenvalue weighted by Crippen LogP contribution is 2.17. The van der Waals surface area contributed by atoms with Crippen molar-refractivity contribution >= 4 is 6.03 Å². The van der Waals surface area contributed by atoms with Crippen LogP contribution in [-0.2, 0) is 0 Å². The fourth-order valence-corrected chi connectivity index (χ4v) is 2.66. The second-order valence-corrected chi connectivity index (χ2v) is 5.81. The number of aliphatic hydroxyl groups excluding tert-OH is 1. The average molecular weight is 312 g/mol. The van der Waals surface area contributed by atoms with Crippen molar-refractivity contribution in [3.63, 3.8) is 0 Å². The Hall–Kier alpha value is -2.33. The molecule has 0 saturated carbocycles. The Morgan fingerprint density at radius 2 is 1.52 bits per heavy atom. The standard InChI is InChI=1S/C19H24N2O2/c1-13-8-4-6-10-16(13)15(3)21-19(23)20-12-18(22)17-11-7-5-9-14(17)2/h4-11,15,18,22H,12H2,1-3H3,(H2,20,21,23). The topological polar surface area (TPSA) is 61.4 Å². The van der Waals surface area contributed by atoms with E-state index in [1.165, 1.54) is 0 Å². The SMILES string of the molecule is Cc1ccccc1C(O)CNC(=O)NC(C)c1ccccc1C. The minimum absolute atomic E-state index is 0.0909. The first-order valence-electron chi connectivity index (χ1n) is 7.82. The van der Waals surface area contributed by atoms with Crippen molar-refractivity contribution in [3.05, 3.63) is 70.8 Å². The lowest BCUT2D eigenvalue weighted by molar-refractivity contribution is 0.172. The number of carbonyl (C=O) groups is 1. The van der Waals surface area contributed by atoms with Crippen molar-refractivity contribution in [2.45, 2.75) is 32.9 Å². The molecule has 2 amide bonds. The number of nitrogens with one attached hydrogen (secondary N) is 2. The minimum atomic E-state index is -0.712. The Labute approximate surface area is 137 Å². The number of urea groups is 1. The fourth-order valence-electron chi connectivity index (χ4n) is 2.66. The molecule has 0 radical (unpaired) electrons. The van der Waals surface area contributed by atoms with Crippen LogP contribution in [0.3, 0.4) is 0 Å². The molecule has 23 heavy (non-hydrogen) atoms. The zero-order chi connectivity index (χ0) is 16.8. The summed E-state index contributed by atoms with van der Waals surface area (Å²) in [6.45, 7) is 6.09. The molecule has 0 aromatic heterocycles. The molecular formula is C19H24N2O2. The Morgan fingerprint density at radius 3 is 2.09 bits per heavy atom. The van der Waals surface area contributed by atoms with Crippen LogP contribution in [0.25, 0.3) is 0 Å². The van der Waals surface area contributed by atoms with E-state index in [9.17, 15) is 9.90 Å². The first-order chi connectivity index (χ1) is 11.0. The number of aliphatic hydroxyl groups is 1. The fraction of sp³-hybridized carbons (Fsp3) is 0.316. The van der Waals surface area contributed by atoms with Gasteiger partial charge in [0.15, 0.2) is 0 Å². The predicted octanol–water partition coefficient (Wildman–Crippen LogP) is 3.40. The summed E-state index contributed by atoms with van der Waals surface area (Å²) in [5, 5.41) is 15.8. The predicted molar refractivity (Wildman–Crippen MR) is 92.3 cm³/mol. The second kappa shape index (κ2) is 7.79. The maximum atomic E-state index is 12.0. The molecule has 0 bridgehead atoms. The Morgan fingerprint density at radius 1 is 1.00 bits per heavy atom. The lowest BCUT2D eigenvalue weighted by Gasteiger charge is -2.19. The van der Waals surface area contributed by atoms with Crippen molar-refractivity contribution in [2.24, 2.45) is 0 Å². The summed E-state index contributed by atoms with van der Waals surface area (Å²) in [5.41, 5.74) is 4.07. The second-order valence-electron chi connectivity index (χ2n) is 5.81. The summed E-state index contributed by atoms with van der Waals surface area (Å²) in [6, 6.07) is 15.2. The molecule has 122 valence electrons. The van der Waals surface area contributed by atoms with Gasteiger partial charge in [0.25, 0.3) is 0 Å². The number of amides is 2. The van der Waals surface area contributed by atoms with E-state index in [1.807, 2.05) is 69.3 Å². The third-order valence-electron chi connectivity index (χ3n) is 4.01. The summed E-state index contributed by atoms with van der Waals surface area (Å²) in [6.07, 6.45) is -0.712. The van der Waals surface area contributed by atoms with Gasteiger partial charge in [0, 0.05) is 6.54 Å². The van der Waals surface area contributed by atoms with Crippen LogP contribution < -0.4 is 10.6 Å². The molecule has 2 rings (SSSR count). The van der Waals surface area contributed by atoms with Crippen molar-refractivity contribution in [3.8, 4) is 0 Å². The minimum Gasteiger partial charge on any atom is -0.387 e. The van der Waals surface area contributed by atoms with Crippen LogP contribution in [0.2, 0.25) is 0 Å². The molecule has 4 nitrogen and oxygen atoms in total. The lowest BCUT2D eigenvalue weighted by atomic mass is 10.0. The van der Waals surface area contributed by atoms with E-state index in [1.54, 1.807) is 0 Å². The van der Waals surface area contributed by atoms with E-state index in [-0.39, 0.29) is 18.6 Å². The number of rotatable bonds is 5. The van der Waals surface area contributed by atoms with Crippen LogP contribution in [-0.4, -0.2) is 17.7 Å². The maximum Gasteiger partial charge on any atom is 0.315 e. The molecule has 0 fully saturated rings. The van der Waals surface area contributed by atoms with Crippen molar-refractivity contribution in [1.82, 2.24) is 10.6 Å². The summed E-state index contributed by atoms with van der Waals surface area (Å²) in [7, 11) is 0. The van der Waals surface area contributed by atoms with Crippen LogP contribution in [0.1, 0.15) is 41.3 Å². The summed E-state index contributed by atoms with van der Waals surface area (Å²) in [5.74, 6) is 0. The van der Waals surface area contributed by atoms with E-state index < -0.39 is 6.10 Å². The monoisotopic (exact) mass is 312 g/mol. The largest absolute Gasteiger partial charge is 0.387 e. The molecular weight excluding hydrogens is 288 g/mol. The van der Waals surface area contributed by atoms with E-state index >= 15 is 0 Å². The van der Waals surface area contributed by atoms with Gasteiger partial charge in [-0.3, -0.25) is 0 Å². The third-order valence-corrected chi connectivity index (χ3v) is 4.01. The molecule has 2 atom stereocenters. The van der Waals surface area contributed by atoms with Gasteiger partial charge in [-0.15, -0.1) is 0 Å². The van der Waals surface area contributed by atoms with E-state index in [0.717, 1.165) is 22.3 Å². The molecule has 2 aromatic carbocycles. The summed E-state index contributed by atoms with van der Waals surface area (Å²) in [4.78, 5) is 12.0. The van der Waals surface area contributed by atoms with Crippen LogP contribution in [0.15, 0.2) is 48.5 Å². The zero-order valence-corrected chi connectivity index (χ0v) is 13.8. The van der Waals surface area contributed by atoms with Gasteiger partial charge in [-0.05, 0) is 43.0 Å². The molecule has 0 spiro atoms. The number of hydrogen-bond acceptors (Lipinski definition) is 2. The van der Waals surface area contributed by atoms with Crippen LogP contribution >= 0.6 is 0 Å². The highest BCUT2D eigenvalue weighted by molar-refractivity contribution is 5.74. The Bertz CT molecular complexity index is 670. The molecule has 3 N–H and O–H groups in total. The summed E-state index contributed by atoms with van der Waals surface area (Å²) < 4.78 is 0. The van der Waals surface area contributed by atoms with Crippen molar-refractivity contribution in [2.75, 3.05) is 6.54 Å². The first kappa shape index (κ1) is 17.0. The molecule has 0 saturated heterocycles. The Kier molecular flexibility index (Phi) is 5.77. The maximum absolute atomic E-state index is 12.0. The smallest absolute Gasteiger partial charge is 0.315 e. The number of aryl methyl sites for hydroxylation is 2. The highest BCUT2D eigenvalue weighted by Gasteiger charge is 2.14. The molecule has 4 heteroatoms. The highest BCUT2D eigenvalue weighted by atomic mass is 16.3. The van der Waals surface area contributed by atoms with Gasteiger partial charge in [0.2, 0.25) is 0 Å². The van der Waals surface area contributed by atoms with Gasteiger partial charge >= 0.3 is 6.03 Å². The van der Waals surface area contributed by atoms with Gasteiger partial charge in [0.05, 0.1) is 12.1 Å². The van der Waals surface area contributed by atoms with Crippen LogP contribution in [0.4, 0.5) is 4.79 Å². The van der Waals surface area contributed by atoms with E-state index in [4.69, 9.17) is 0 Å². The number of hydrogen-bond donors (Lipinski definition) is 3. The van der Waals surface area contributed by atoms with Gasteiger partial charge in [-0.2, -0.15) is 0 Å². The number of carbonyl (C=O) groups excluding carboxylic acids is 1. The molecule has 0 heterocycles. The lowest BCUT2D eigenvalue weighted by Crippen LogP contribution is -2.39. The van der Waals surface area contributed by atoms with Gasteiger partial charge < -0.3 is 15.7 Å². The van der Waals surface area contributed by atoms with Gasteiger partial charge in [0.1, 0.15) is 0 Å². The molecule has 2 unspecified atom stereocenters. The van der Waals surface area contributed by atoms with E-state index in [2.05, 4.69) is 10.6 Å². The number of benzene rings is 2. The molecule has 0 aliphatic heterocycles. The molecule has 2 aromatic rings. The van der Waals surface area contributed by atoms with Crippen molar-refractivity contribution < 1.29 is 9.90 Å². The van der Waals surface area contributed by atoms with Crippen LogP contribution in [0, 0.1) is 13.8 Å². The average Bonchev–Trinajstić information content (AvgIpc) is 2.53. The molecule has 0 aliphatic carbocycles. The molecule has 0 aliphatic rings. The van der Waals surface area contributed by atoms with Gasteiger partial charge in [-0.25, -0.2) is 4.79 Å². The Balaban J connectivity index is 1.88.